The summed E-state index contributed by atoms with van der Waals surface area (Å²) in [4.78, 5) is 18.6. The van der Waals surface area contributed by atoms with Crippen molar-refractivity contribution in [3.63, 3.8) is 0 Å². The number of hydrogen-bond donors (Lipinski definition) is 1. The normalized spacial score (nSPS) is 14.4. The number of amides is 1. The predicted molar refractivity (Wildman–Crippen MR) is 113 cm³/mol. The SMILES string of the molecule is O=C(NCc1ccc(N2CCOCC2)cc1C(F)(F)F)c1cnc(-c2ccccc2F)s1. The highest BCUT2D eigenvalue weighted by atomic mass is 32.1. The first-order valence-electron chi connectivity index (χ1n) is 9.84. The number of ether oxygens (including phenoxy) is 1. The Morgan fingerprint density at radius 1 is 1.16 bits per heavy atom. The molecule has 1 aliphatic rings. The molecule has 1 fully saturated rings. The van der Waals surface area contributed by atoms with Gasteiger partial charge in [-0.1, -0.05) is 18.2 Å². The summed E-state index contributed by atoms with van der Waals surface area (Å²) in [6.45, 7) is 1.65. The minimum Gasteiger partial charge on any atom is -0.378 e. The highest BCUT2D eigenvalue weighted by Gasteiger charge is 2.34. The maximum atomic E-state index is 13.9. The monoisotopic (exact) mass is 465 g/mol. The summed E-state index contributed by atoms with van der Waals surface area (Å²) >= 11 is 0.970. The van der Waals surface area contributed by atoms with Crippen LogP contribution in [-0.2, 0) is 17.5 Å². The fraction of sp³-hybridized carbons (Fsp3) is 0.273. The molecule has 1 aromatic heterocycles. The molecular formula is C22H19F4N3O2S. The lowest BCUT2D eigenvalue weighted by Crippen LogP contribution is -2.36. The summed E-state index contributed by atoms with van der Waals surface area (Å²) in [5.74, 6) is -1.04. The average Bonchev–Trinajstić information content (AvgIpc) is 3.28. The Labute approximate surface area is 185 Å². The number of aromatic nitrogens is 1. The number of nitrogens with zero attached hydrogens (tertiary/aromatic N) is 2. The van der Waals surface area contributed by atoms with Crippen molar-refractivity contribution in [1.29, 1.82) is 0 Å². The van der Waals surface area contributed by atoms with E-state index in [4.69, 9.17) is 4.74 Å². The molecule has 0 spiro atoms. The summed E-state index contributed by atoms with van der Waals surface area (Å²) in [6, 6.07) is 10.1. The lowest BCUT2D eigenvalue weighted by atomic mass is 10.0. The van der Waals surface area contributed by atoms with Crippen LogP contribution >= 0.6 is 11.3 Å². The molecule has 32 heavy (non-hydrogen) atoms. The van der Waals surface area contributed by atoms with Crippen molar-refractivity contribution < 1.29 is 27.1 Å². The van der Waals surface area contributed by atoms with Crippen LogP contribution in [0.25, 0.3) is 10.6 Å². The number of hydrogen-bond acceptors (Lipinski definition) is 5. The standard InChI is InChI=1S/C22H19F4N3O2S/c23-18-4-2-1-3-16(18)21-28-13-19(32-21)20(30)27-12-14-5-6-15(11-17(14)22(24,25)26)29-7-9-31-10-8-29/h1-6,11,13H,7-10,12H2,(H,27,30). The van der Waals surface area contributed by atoms with E-state index >= 15 is 0 Å². The molecular weight excluding hydrogens is 446 g/mol. The van der Waals surface area contributed by atoms with Crippen LogP contribution in [0, 0.1) is 5.82 Å². The van der Waals surface area contributed by atoms with Gasteiger partial charge in [0.05, 0.1) is 25.0 Å². The molecule has 1 amide bonds. The largest absolute Gasteiger partial charge is 0.416 e. The molecule has 2 aromatic carbocycles. The van der Waals surface area contributed by atoms with Crippen LogP contribution in [0.2, 0.25) is 0 Å². The molecule has 4 rings (SSSR count). The lowest BCUT2D eigenvalue weighted by Gasteiger charge is -2.29. The minimum atomic E-state index is -4.56. The van der Waals surface area contributed by atoms with Crippen molar-refractivity contribution in [2.24, 2.45) is 0 Å². The maximum absolute atomic E-state index is 13.9. The van der Waals surface area contributed by atoms with E-state index in [1.807, 2.05) is 4.90 Å². The minimum absolute atomic E-state index is 0.0401. The van der Waals surface area contributed by atoms with Crippen molar-refractivity contribution in [3.05, 3.63) is 70.5 Å². The third kappa shape index (κ3) is 4.91. The highest BCUT2D eigenvalue weighted by Crippen LogP contribution is 2.35. The van der Waals surface area contributed by atoms with Crippen LogP contribution in [0.5, 0.6) is 0 Å². The van der Waals surface area contributed by atoms with Crippen molar-refractivity contribution in [3.8, 4) is 10.6 Å². The number of thiazole rings is 1. The molecule has 168 valence electrons. The molecule has 3 aromatic rings. The van der Waals surface area contributed by atoms with E-state index in [0.29, 0.717) is 37.0 Å². The number of benzene rings is 2. The van der Waals surface area contributed by atoms with Gasteiger partial charge in [0.2, 0.25) is 0 Å². The summed E-state index contributed by atoms with van der Waals surface area (Å²) < 4.78 is 60.2. The summed E-state index contributed by atoms with van der Waals surface area (Å²) in [5, 5.41) is 2.83. The fourth-order valence-electron chi connectivity index (χ4n) is 3.40. The van der Waals surface area contributed by atoms with Gasteiger partial charge in [-0.3, -0.25) is 4.79 Å². The number of morpholine rings is 1. The number of nitrogens with one attached hydrogen (secondary N) is 1. The van der Waals surface area contributed by atoms with Crippen molar-refractivity contribution >= 4 is 22.9 Å². The van der Waals surface area contributed by atoms with Gasteiger partial charge in [-0.15, -0.1) is 11.3 Å². The Morgan fingerprint density at radius 3 is 2.62 bits per heavy atom. The van der Waals surface area contributed by atoms with Gasteiger partial charge >= 0.3 is 6.18 Å². The van der Waals surface area contributed by atoms with E-state index in [9.17, 15) is 22.4 Å². The number of alkyl halides is 3. The second-order valence-electron chi connectivity index (χ2n) is 7.13. The van der Waals surface area contributed by atoms with Crippen molar-refractivity contribution in [1.82, 2.24) is 10.3 Å². The van der Waals surface area contributed by atoms with Gasteiger partial charge in [-0.25, -0.2) is 9.37 Å². The number of anilines is 1. The first-order chi connectivity index (χ1) is 15.3. The van der Waals surface area contributed by atoms with Gasteiger partial charge in [0.15, 0.2) is 0 Å². The van der Waals surface area contributed by atoms with Gasteiger partial charge in [-0.05, 0) is 29.8 Å². The van der Waals surface area contributed by atoms with E-state index in [1.165, 1.54) is 18.3 Å². The Hall–Kier alpha value is -2.98. The van der Waals surface area contributed by atoms with Crippen LogP contribution in [0.15, 0.2) is 48.7 Å². The average molecular weight is 465 g/mol. The third-order valence-corrected chi connectivity index (χ3v) is 6.08. The maximum Gasteiger partial charge on any atom is 0.416 e. The van der Waals surface area contributed by atoms with Gasteiger partial charge in [-0.2, -0.15) is 13.2 Å². The Bertz CT molecular complexity index is 1110. The van der Waals surface area contributed by atoms with E-state index in [2.05, 4.69) is 10.3 Å². The Balaban J connectivity index is 1.49. The lowest BCUT2D eigenvalue weighted by molar-refractivity contribution is -0.138. The zero-order chi connectivity index (χ0) is 22.7. The molecule has 0 unspecified atom stereocenters. The summed E-state index contributed by atoms with van der Waals surface area (Å²) in [5.41, 5.74) is -0.109. The zero-order valence-corrected chi connectivity index (χ0v) is 17.6. The quantitative estimate of drug-likeness (QED) is 0.554. The summed E-state index contributed by atoms with van der Waals surface area (Å²) in [7, 11) is 0. The van der Waals surface area contributed by atoms with Gasteiger partial charge in [0.1, 0.15) is 15.7 Å². The number of halogens is 4. The number of carbonyl (C=O) groups is 1. The molecule has 0 bridgehead atoms. The topological polar surface area (TPSA) is 54.5 Å². The molecule has 2 heterocycles. The highest BCUT2D eigenvalue weighted by molar-refractivity contribution is 7.16. The first kappa shape index (κ1) is 22.2. The molecule has 10 heteroatoms. The van der Waals surface area contributed by atoms with Crippen molar-refractivity contribution in [2.75, 3.05) is 31.2 Å². The first-order valence-corrected chi connectivity index (χ1v) is 10.7. The molecule has 0 aliphatic carbocycles. The second kappa shape index (κ2) is 9.25. The van der Waals surface area contributed by atoms with E-state index in [0.717, 1.165) is 17.4 Å². The number of carbonyl (C=O) groups excluding carboxylic acids is 1. The van der Waals surface area contributed by atoms with E-state index in [-0.39, 0.29) is 22.5 Å². The molecule has 1 saturated heterocycles. The smallest absolute Gasteiger partial charge is 0.378 e. The molecule has 0 atom stereocenters. The fourth-order valence-corrected chi connectivity index (χ4v) is 4.26. The second-order valence-corrected chi connectivity index (χ2v) is 8.16. The number of rotatable bonds is 5. The van der Waals surface area contributed by atoms with Crippen LogP contribution < -0.4 is 10.2 Å². The predicted octanol–water partition coefficient (Wildman–Crippen LogP) is 4.73. The molecule has 1 aliphatic heterocycles. The van der Waals surface area contributed by atoms with E-state index < -0.39 is 23.5 Å². The van der Waals surface area contributed by atoms with E-state index in [1.54, 1.807) is 24.3 Å². The summed E-state index contributed by atoms with van der Waals surface area (Å²) in [6.07, 6.45) is -3.28. The zero-order valence-electron chi connectivity index (χ0n) is 16.8. The third-order valence-electron chi connectivity index (χ3n) is 5.05. The molecule has 5 nitrogen and oxygen atoms in total. The molecule has 1 N–H and O–H groups in total. The van der Waals surface area contributed by atoms with Gasteiger partial charge < -0.3 is 15.0 Å². The van der Waals surface area contributed by atoms with Crippen LogP contribution in [0.3, 0.4) is 0 Å². The van der Waals surface area contributed by atoms with Crippen LogP contribution in [0.4, 0.5) is 23.2 Å². The molecule has 0 saturated carbocycles. The van der Waals surface area contributed by atoms with Crippen LogP contribution in [0.1, 0.15) is 20.8 Å². The van der Waals surface area contributed by atoms with Crippen molar-refractivity contribution in [2.45, 2.75) is 12.7 Å². The van der Waals surface area contributed by atoms with Gasteiger partial charge in [0.25, 0.3) is 5.91 Å². The Kier molecular flexibility index (Phi) is 6.43. The van der Waals surface area contributed by atoms with Gasteiger partial charge in [0, 0.05) is 30.9 Å². The molecule has 0 radical (unpaired) electrons. The van der Waals surface area contributed by atoms with Crippen LogP contribution in [-0.4, -0.2) is 37.2 Å². The Morgan fingerprint density at radius 2 is 1.91 bits per heavy atom.